The first kappa shape index (κ1) is 20.1. The minimum Gasteiger partial charge on any atom is -0.480 e. The number of aliphatic carboxylic acids is 1. The summed E-state index contributed by atoms with van der Waals surface area (Å²) < 4.78 is 5.65. The van der Waals surface area contributed by atoms with E-state index in [1.54, 1.807) is 21.7 Å². The van der Waals surface area contributed by atoms with E-state index in [1.807, 2.05) is 30.3 Å². The van der Waals surface area contributed by atoms with Gasteiger partial charge in [0.25, 0.3) is 0 Å². The molecule has 2 atom stereocenters. The molecule has 9 heteroatoms. The Hall–Kier alpha value is -2.65. The molecule has 3 rings (SSSR count). The van der Waals surface area contributed by atoms with Crippen molar-refractivity contribution < 1.29 is 24.2 Å². The van der Waals surface area contributed by atoms with E-state index in [-0.39, 0.29) is 37.0 Å². The van der Waals surface area contributed by atoms with E-state index < -0.39 is 5.97 Å². The van der Waals surface area contributed by atoms with Gasteiger partial charge in [-0.15, -0.1) is 0 Å². The van der Waals surface area contributed by atoms with Gasteiger partial charge in [-0.3, -0.25) is 14.5 Å². The highest BCUT2D eigenvalue weighted by Crippen LogP contribution is 2.21. The number of benzene rings is 1. The largest absolute Gasteiger partial charge is 0.480 e. The molecular weight excluding hydrogens is 364 g/mol. The molecule has 9 nitrogen and oxygen atoms in total. The van der Waals surface area contributed by atoms with Crippen LogP contribution in [0.15, 0.2) is 30.3 Å². The standard InChI is InChI=1S/C19H26N4O5/c1-21(13-18(25)26)11-16-12-22(7-8-28-16)19(27)20-14-9-17(24)23(10-14)15-5-3-2-4-6-15/h2-6,14,16H,7-13H2,1H3,(H,20,27)(H,25,26). The van der Waals surface area contributed by atoms with Gasteiger partial charge >= 0.3 is 12.0 Å². The quantitative estimate of drug-likeness (QED) is 0.720. The van der Waals surface area contributed by atoms with Gasteiger partial charge in [0.1, 0.15) is 0 Å². The molecule has 28 heavy (non-hydrogen) atoms. The van der Waals surface area contributed by atoms with Crippen molar-refractivity contribution in [2.24, 2.45) is 0 Å². The van der Waals surface area contributed by atoms with Crippen LogP contribution in [0.3, 0.4) is 0 Å². The van der Waals surface area contributed by atoms with Gasteiger partial charge in [-0.05, 0) is 19.2 Å². The Balaban J connectivity index is 1.50. The van der Waals surface area contributed by atoms with Crippen LogP contribution in [0.1, 0.15) is 6.42 Å². The van der Waals surface area contributed by atoms with Crippen LogP contribution in [0, 0.1) is 0 Å². The summed E-state index contributed by atoms with van der Waals surface area (Å²) in [7, 11) is 1.71. The summed E-state index contributed by atoms with van der Waals surface area (Å²) in [6, 6.07) is 8.95. The number of carbonyl (C=O) groups excluding carboxylic acids is 2. The maximum Gasteiger partial charge on any atom is 0.317 e. The zero-order chi connectivity index (χ0) is 20.1. The number of carboxylic acids is 1. The second-order valence-electron chi connectivity index (χ2n) is 7.22. The minimum atomic E-state index is -0.901. The highest BCUT2D eigenvalue weighted by atomic mass is 16.5. The summed E-state index contributed by atoms with van der Waals surface area (Å²) in [5, 5.41) is 11.8. The van der Waals surface area contributed by atoms with Crippen molar-refractivity contribution in [3.63, 3.8) is 0 Å². The molecule has 2 unspecified atom stereocenters. The van der Waals surface area contributed by atoms with Crippen molar-refractivity contribution in [3.05, 3.63) is 30.3 Å². The van der Waals surface area contributed by atoms with Crippen LogP contribution < -0.4 is 10.2 Å². The van der Waals surface area contributed by atoms with E-state index in [1.165, 1.54) is 0 Å². The first-order chi connectivity index (χ1) is 13.4. The molecule has 152 valence electrons. The number of rotatable bonds is 6. The average Bonchev–Trinajstić information content (AvgIpc) is 3.02. The number of nitrogens with zero attached hydrogens (tertiary/aromatic N) is 3. The zero-order valence-electron chi connectivity index (χ0n) is 15.9. The van der Waals surface area contributed by atoms with Crippen molar-refractivity contribution in [2.45, 2.75) is 18.6 Å². The van der Waals surface area contributed by atoms with Gasteiger partial charge in [-0.2, -0.15) is 0 Å². The lowest BCUT2D eigenvalue weighted by Gasteiger charge is -2.35. The van der Waals surface area contributed by atoms with Crippen LogP contribution in [0.4, 0.5) is 10.5 Å². The van der Waals surface area contributed by atoms with Crippen molar-refractivity contribution in [3.8, 4) is 0 Å². The van der Waals surface area contributed by atoms with E-state index in [4.69, 9.17) is 9.84 Å². The molecular formula is C19H26N4O5. The van der Waals surface area contributed by atoms with Gasteiger partial charge in [0.15, 0.2) is 0 Å². The third-order valence-electron chi connectivity index (χ3n) is 4.87. The molecule has 2 N–H and O–H groups in total. The van der Waals surface area contributed by atoms with Gasteiger partial charge in [0, 0.05) is 38.3 Å². The first-order valence-electron chi connectivity index (χ1n) is 9.35. The molecule has 0 spiro atoms. The molecule has 1 aromatic rings. The average molecular weight is 390 g/mol. The molecule has 2 saturated heterocycles. The number of nitrogens with one attached hydrogen (secondary N) is 1. The fraction of sp³-hybridized carbons (Fsp3) is 0.526. The Morgan fingerprint density at radius 3 is 2.75 bits per heavy atom. The van der Waals surface area contributed by atoms with Crippen LogP contribution in [-0.4, -0.2) is 91.3 Å². The molecule has 2 aliphatic heterocycles. The molecule has 1 aromatic carbocycles. The summed E-state index contributed by atoms with van der Waals surface area (Å²) in [5.74, 6) is -0.909. The van der Waals surface area contributed by atoms with Crippen molar-refractivity contribution in [2.75, 3.05) is 51.3 Å². The van der Waals surface area contributed by atoms with E-state index in [0.29, 0.717) is 32.8 Å². The Bertz CT molecular complexity index is 714. The lowest BCUT2D eigenvalue weighted by molar-refractivity contribution is -0.138. The molecule has 2 fully saturated rings. The van der Waals surface area contributed by atoms with Gasteiger partial charge in [-0.25, -0.2) is 4.79 Å². The second-order valence-corrected chi connectivity index (χ2v) is 7.22. The van der Waals surface area contributed by atoms with Crippen LogP contribution in [0.2, 0.25) is 0 Å². The van der Waals surface area contributed by atoms with Gasteiger partial charge < -0.3 is 25.0 Å². The number of carbonyl (C=O) groups is 3. The van der Waals surface area contributed by atoms with Gasteiger partial charge in [-0.1, -0.05) is 18.2 Å². The predicted octanol–water partition coefficient (Wildman–Crippen LogP) is 0.219. The van der Waals surface area contributed by atoms with Gasteiger partial charge in [0.2, 0.25) is 5.91 Å². The zero-order valence-corrected chi connectivity index (χ0v) is 15.9. The highest BCUT2D eigenvalue weighted by molar-refractivity contribution is 5.96. The Morgan fingerprint density at radius 1 is 1.29 bits per heavy atom. The number of amides is 3. The van der Waals surface area contributed by atoms with E-state index in [0.717, 1.165) is 5.69 Å². The minimum absolute atomic E-state index is 0.00773. The molecule has 3 amide bonds. The van der Waals surface area contributed by atoms with E-state index in [9.17, 15) is 14.4 Å². The highest BCUT2D eigenvalue weighted by Gasteiger charge is 2.33. The van der Waals surface area contributed by atoms with Crippen molar-refractivity contribution in [1.29, 1.82) is 0 Å². The molecule has 0 radical (unpaired) electrons. The fourth-order valence-corrected chi connectivity index (χ4v) is 3.58. The lowest BCUT2D eigenvalue weighted by Crippen LogP contribution is -2.54. The monoisotopic (exact) mass is 390 g/mol. The summed E-state index contributed by atoms with van der Waals surface area (Å²) in [4.78, 5) is 40.7. The van der Waals surface area contributed by atoms with Crippen LogP contribution >= 0.6 is 0 Å². The number of anilines is 1. The third-order valence-corrected chi connectivity index (χ3v) is 4.87. The van der Waals surface area contributed by atoms with E-state index in [2.05, 4.69) is 5.32 Å². The Labute approximate surface area is 163 Å². The van der Waals surface area contributed by atoms with Crippen LogP contribution in [0.25, 0.3) is 0 Å². The normalized spacial score (nSPS) is 22.6. The summed E-state index contributed by atoms with van der Waals surface area (Å²) >= 11 is 0. The summed E-state index contributed by atoms with van der Waals surface area (Å²) in [6.07, 6.45) is 0.0327. The molecule has 0 bridgehead atoms. The number of ether oxygens (including phenoxy) is 1. The number of para-hydroxylation sites is 1. The number of hydrogen-bond donors (Lipinski definition) is 2. The maximum atomic E-state index is 12.6. The smallest absolute Gasteiger partial charge is 0.317 e. The van der Waals surface area contributed by atoms with Crippen LogP contribution in [0.5, 0.6) is 0 Å². The number of likely N-dealkylation sites (N-methyl/N-ethyl adjacent to an activating group) is 1. The van der Waals surface area contributed by atoms with Crippen molar-refractivity contribution >= 4 is 23.6 Å². The number of urea groups is 1. The SMILES string of the molecule is CN(CC(=O)O)CC1CN(C(=O)NC2CC(=O)N(c3ccccc3)C2)CCO1. The van der Waals surface area contributed by atoms with Crippen LogP contribution in [-0.2, 0) is 14.3 Å². The number of morpholine rings is 1. The number of hydrogen-bond acceptors (Lipinski definition) is 5. The number of carboxylic acid groups (broad SMARTS) is 1. The first-order valence-corrected chi connectivity index (χ1v) is 9.35. The third kappa shape index (κ3) is 5.20. The predicted molar refractivity (Wildman–Crippen MR) is 102 cm³/mol. The van der Waals surface area contributed by atoms with E-state index >= 15 is 0 Å². The molecule has 0 aromatic heterocycles. The molecule has 2 aliphatic rings. The Morgan fingerprint density at radius 2 is 2.04 bits per heavy atom. The lowest BCUT2D eigenvalue weighted by atomic mass is 10.2. The molecule has 0 saturated carbocycles. The maximum absolute atomic E-state index is 12.6. The second kappa shape index (κ2) is 9.03. The van der Waals surface area contributed by atoms with Gasteiger partial charge in [0.05, 0.1) is 25.3 Å². The summed E-state index contributed by atoms with van der Waals surface area (Å²) in [6.45, 7) is 2.06. The van der Waals surface area contributed by atoms with Crippen molar-refractivity contribution in [1.82, 2.24) is 15.1 Å². The topological polar surface area (TPSA) is 102 Å². The molecule has 0 aliphatic carbocycles. The Kier molecular flexibility index (Phi) is 6.48. The summed E-state index contributed by atoms with van der Waals surface area (Å²) in [5.41, 5.74) is 0.831. The molecule has 2 heterocycles. The fourth-order valence-electron chi connectivity index (χ4n) is 3.58.